The second-order valence-electron chi connectivity index (χ2n) is 4.64. The molecule has 0 spiro atoms. The van der Waals surface area contributed by atoms with Crippen molar-refractivity contribution in [2.45, 2.75) is 31.6 Å². The van der Waals surface area contributed by atoms with Crippen LogP contribution >= 0.6 is 27.5 Å². The highest BCUT2D eigenvalue weighted by Gasteiger charge is 2.19. The Balaban J connectivity index is 3.14. The molecule has 1 aromatic rings. The number of alkyl halides is 1. The lowest BCUT2D eigenvalue weighted by atomic mass is 10.0. The fourth-order valence-electron chi connectivity index (χ4n) is 1.35. The van der Waals surface area contributed by atoms with Crippen LogP contribution in [0.15, 0.2) is 18.2 Å². The van der Waals surface area contributed by atoms with Crippen LogP contribution in [0.4, 0.5) is 5.69 Å². The number of hydrogen-bond acceptors (Lipinski definition) is 1. The first-order valence-corrected chi connectivity index (χ1v) is 6.44. The standard InChI is InChI=1S/C12H17BrClN/c1-12(2,3)15(4)11-6-5-10(14)7-9(11)8-13/h5-7H,8H2,1-4H3. The summed E-state index contributed by atoms with van der Waals surface area (Å²) < 4.78 is 0. The number of hydrogen-bond donors (Lipinski definition) is 0. The van der Waals surface area contributed by atoms with E-state index in [0.717, 1.165) is 10.4 Å². The smallest absolute Gasteiger partial charge is 0.0410 e. The monoisotopic (exact) mass is 289 g/mol. The lowest BCUT2D eigenvalue weighted by Crippen LogP contribution is -2.38. The molecule has 0 atom stereocenters. The van der Waals surface area contributed by atoms with E-state index in [9.17, 15) is 0 Å². The molecule has 1 rings (SSSR count). The van der Waals surface area contributed by atoms with Gasteiger partial charge in [0.2, 0.25) is 0 Å². The molecule has 15 heavy (non-hydrogen) atoms. The summed E-state index contributed by atoms with van der Waals surface area (Å²) in [6.07, 6.45) is 0. The van der Waals surface area contributed by atoms with Crippen LogP contribution in [-0.4, -0.2) is 12.6 Å². The molecule has 0 fully saturated rings. The van der Waals surface area contributed by atoms with Crippen molar-refractivity contribution >= 4 is 33.2 Å². The van der Waals surface area contributed by atoms with Crippen molar-refractivity contribution in [3.8, 4) is 0 Å². The Morgan fingerprint density at radius 1 is 1.33 bits per heavy atom. The average Bonchev–Trinajstić information content (AvgIpc) is 2.15. The summed E-state index contributed by atoms with van der Waals surface area (Å²) in [4.78, 5) is 2.26. The van der Waals surface area contributed by atoms with Crippen LogP contribution in [-0.2, 0) is 5.33 Å². The summed E-state index contributed by atoms with van der Waals surface area (Å²) in [5.41, 5.74) is 2.56. The van der Waals surface area contributed by atoms with Crippen LogP contribution in [0.1, 0.15) is 26.3 Å². The zero-order valence-corrected chi connectivity index (χ0v) is 12.0. The minimum absolute atomic E-state index is 0.116. The number of anilines is 1. The molecule has 0 aromatic heterocycles. The Kier molecular flexibility index (Phi) is 4.07. The van der Waals surface area contributed by atoms with Gasteiger partial charge < -0.3 is 4.90 Å². The summed E-state index contributed by atoms with van der Waals surface area (Å²) in [7, 11) is 2.11. The largest absolute Gasteiger partial charge is 0.370 e. The third-order valence-corrected chi connectivity index (χ3v) is 3.39. The van der Waals surface area contributed by atoms with Crippen molar-refractivity contribution in [3.63, 3.8) is 0 Å². The van der Waals surface area contributed by atoms with Crippen molar-refractivity contribution in [3.05, 3.63) is 28.8 Å². The molecular formula is C12H17BrClN. The molecule has 0 unspecified atom stereocenters. The van der Waals surface area contributed by atoms with Crippen molar-refractivity contribution in [1.82, 2.24) is 0 Å². The van der Waals surface area contributed by atoms with Gasteiger partial charge in [0.25, 0.3) is 0 Å². The molecule has 0 radical (unpaired) electrons. The van der Waals surface area contributed by atoms with Crippen LogP contribution in [0.25, 0.3) is 0 Å². The van der Waals surface area contributed by atoms with E-state index in [1.165, 1.54) is 11.3 Å². The molecule has 0 bridgehead atoms. The van der Waals surface area contributed by atoms with E-state index in [0.29, 0.717) is 0 Å². The van der Waals surface area contributed by atoms with Gasteiger partial charge in [0.1, 0.15) is 0 Å². The van der Waals surface area contributed by atoms with E-state index in [4.69, 9.17) is 11.6 Å². The molecule has 0 heterocycles. The quantitative estimate of drug-likeness (QED) is 0.726. The van der Waals surface area contributed by atoms with Gasteiger partial charge in [-0.2, -0.15) is 0 Å². The van der Waals surface area contributed by atoms with Gasteiger partial charge in [0.05, 0.1) is 0 Å². The van der Waals surface area contributed by atoms with Crippen LogP contribution in [0.2, 0.25) is 5.02 Å². The van der Waals surface area contributed by atoms with Gasteiger partial charge in [-0.1, -0.05) is 27.5 Å². The van der Waals surface area contributed by atoms with Crippen LogP contribution in [0.5, 0.6) is 0 Å². The zero-order chi connectivity index (χ0) is 11.6. The zero-order valence-electron chi connectivity index (χ0n) is 9.64. The fourth-order valence-corrected chi connectivity index (χ4v) is 1.99. The van der Waals surface area contributed by atoms with Crippen LogP contribution < -0.4 is 4.90 Å². The average molecular weight is 291 g/mol. The molecule has 0 aliphatic carbocycles. The molecule has 84 valence electrons. The van der Waals surface area contributed by atoms with E-state index < -0.39 is 0 Å². The molecule has 0 N–H and O–H groups in total. The van der Waals surface area contributed by atoms with Gasteiger partial charge in [-0.05, 0) is 44.5 Å². The molecule has 1 aromatic carbocycles. The first kappa shape index (κ1) is 12.9. The first-order chi connectivity index (χ1) is 6.86. The maximum absolute atomic E-state index is 5.98. The molecule has 3 heteroatoms. The normalized spacial score (nSPS) is 11.6. The highest BCUT2D eigenvalue weighted by molar-refractivity contribution is 9.08. The molecule has 0 aliphatic heterocycles. The SMILES string of the molecule is CN(c1ccc(Cl)cc1CBr)C(C)(C)C. The van der Waals surface area contributed by atoms with E-state index >= 15 is 0 Å². The Morgan fingerprint density at radius 3 is 2.40 bits per heavy atom. The van der Waals surface area contributed by atoms with Gasteiger partial charge in [0, 0.05) is 28.6 Å². The maximum atomic E-state index is 5.98. The van der Waals surface area contributed by atoms with Gasteiger partial charge >= 0.3 is 0 Å². The van der Waals surface area contributed by atoms with Crippen LogP contribution in [0, 0.1) is 0 Å². The second kappa shape index (κ2) is 4.75. The minimum atomic E-state index is 0.116. The van der Waals surface area contributed by atoms with Crippen LogP contribution in [0.3, 0.4) is 0 Å². The van der Waals surface area contributed by atoms with Gasteiger partial charge in [-0.15, -0.1) is 0 Å². The Hall–Kier alpha value is -0.210. The minimum Gasteiger partial charge on any atom is -0.370 e. The maximum Gasteiger partial charge on any atom is 0.0410 e. The van der Waals surface area contributed by atoms with Gasteiger partial charge in [-0.3, -0.25) is 0 Å². The molecule has 1 nitrogen and oxygen atoms in total. The summed E-state index contributed by atoms with van der Waals surface area (Å²) in [6.45, 7) is 6.58. The topological polar surface area (TPSA) is 3.24 Å². The summed E-state index contributed by atoms with van der Waals surface area (Å²) in [5, 5.41) is 1.61. The molecular weight excluding hydrogens is 273 g/mol. The molecule has 0 aliphatic rings. The Morgan fingerprint density at radius 2 is 1.93 bits per heavy atom. The third kappa shape index (κ3) is 3.12. The van der Waals surface area contributed by atoms with E-state index in [2.05, 4.69) is 54.7 Å². The summed E-state index contributed by atoms with van der Waals surface area (Å²) in [5.74, 6) is 0. The lowest BCUT2D eigenvalue weighted by molar-refractivity contribution is 0.538. The lowest BCUT2D eigenvalue weighted by Gasteiger charge is -2.35. The van der Waals surface area contributed by atoms with Crippen molar-refractivity contribution in [2.24, 2.45) is 0 Å². The van der Waals surface area contributed by atoms with Gasteiger partial charge in [0.15, 0.2) is 0 Å². The molecule has 0 amide bonds. The number of rotatable bonds is 2. The molecule has 0 saturated heterocycles. The Labute approximate surface area is 106 Å². The van der Waals surface area contributed by atoms with Gasteiger partial charge in [-0.25, -0.2) is 0 Å². The predicted molar refractivity (Wildman–Crippen MR) is 72.2 cm³/mol. The third-order valence-electron chi connectivity index (χ3n) is 2.55. The highest BCUT2D eigenvalue weighted by Crippen LogP contribution is 2.29. The second-order valence-corrected chi connectivity index (χ2v) is 5.63. The Bertz CT molecular complexity index is 344. The highest BCUT2D eigenvalue weighted by atomic mass is 79.9. The van der Waals surface area contributed by atoms with Crippen molar-refractivity contribution in [2.75, 3.05) is 11.9 Å². The predicted octanol–water partition coefficient (Wildman–Crippen LogP) is 4.47. The summed E-state index contributed by atoms with van der Waals surface area (Å²) >= 11 is 9.47. The van der Waals surface area contributed by atoms with E-state index in [1.54, 1.807) is 0 Å². The fraction of sp³-hybridized carbons (Fsp3) is 0.500. The number of benzene rings is 1. The van der Waals surface area contributed by atoms with Crippen molar-refractivity contribution < 1.29 is 0 Å². The van der Waals surface area contributed by atoms with E-state index in [1.807, 2.05) is 12.1 Å². The summed E-state index contributed by atoms with van der Waals surface area (Å²) in [6, 6.07) is 6.02. The van der Waals surface area contributed by atoms with E-state index in [-0.39, 0.29) is 5.54 Å². The van der Waals surface area contributed by atoms with Crippen molar-refractivity contribution in [1.29, 1.82) is 0 Å². The molecule has 0 saturated carbocycles. The number of nitrogens with zero attached hydrogens (tertiary/aromatic N) is 1. The number of halogens is 2. The first-order valence-electron chi connectivity index (χ1n) is 4.94.